The molecule has 2 saturated heterocycles. The smallest absolute Gasteiger partial charge is 0.220 e. The maximum atomic E-state index is 15.1. The van der Waals surface area contributed by atoms with Gasteiger partial charge in [0, 0.05) is 36.8 Å². The van der Waals surface area contributed by atoms with Crippen molar-refractivity contribution in [3.63, 3.8) is 0 Å². The molecule has 2 bridgehead atoms. The normalized spacial score (nSPS) is 21.8. The number of anilines is 2. The second kappa shape index (κ2) is 6.53. The lowest BCUT2D eigenvalue weighted by molar-refractivity contribution is 0.290. The van der Waals surface area contributed by atoms with E-state index in [4.69, 9.17) is 22.3 Å². The Bertz CT molecular complexity index is 1110. The predicted octanol–water partition coefficient (Wildman–Crippen LogP) is 3.34. The number of hydrogen-bond donors (Lipinski definition) is 1. The van der Waals surface area contributed by atoms with Gasteiger partial charge < -0.3 is 15.2 Å². The molecule has 7 nitrogen and oxygen atoms in total. The molecule has 2 aliphatic rings. The summed E-state index contributed by atoms with van der Waals surface area (Å²) in [6, 6.07) is 4.37. The Morgan fingerprint density at radius 2 is 2.00 bits per heavy atom. The first-order valence-electron chi connectivity index (χ1n) is 9.80. The van der Waals surface area contributed by atoms with E-state index in [0.717, 1.165) is 31.0 Å². The van der Waals surface area contributed by atoms with Crippen molar-refractivity contribution in [3.05, 3.63) is 29.2 Å². The van der Waals surface area contributed by atoms with E-state index in [2.05, 4.69) is 45.2 Å². The van der Waals surface area contributed by atoms with Crippen molar-refractivity contribution in [2.45, 2.75) is 38.4 Å². The Morgan fingerprint density at radius 1 is 1.21 bits per heavy atom. The van der Waals surface area contributed by atoms with Gasteiger partial charge in [0.2, 0.25) is 11.9 Å². The van der Waals surface area contributed by atoms with Crippen LogP contribution in [0.3, 0.4) is 0 Å². The molecule has 0 aliphatic carbocycles. The van der Waals surface area contributed by atoms with Gasteiger partial charge in [-0.3, -0.25) is 4.90 Å². The predicted molar refractivity (Wildman–Crippen MR) is 113 cm³/mol. The van der Waals surface area contributed by atoms with Gasteiger partial charge in [-0.25, -0.2) is 19.3 Å². The fourth-order valence-electron chi connectivity index (χ4n) is 4.68. The average molecular weight is 416 g/mol. The molecule has 152 valence electrons. The molecule has 2 N–H and O–H groups in total. The van der Waals surface area contributed by atoms with Crippen molar-refractivity contribution in [2.75, 3.05) is 30.8 Å². The maximum Gasteiger partial charge on any atom is 0.220 e. The number of halogens is 2. The molecule has 2 aromatic heterocycles. The number of benzene rings is 1. The van der Waals surface area contributed by atoms with Gasteiger partial charge in [-0.15, -0.1) is 0 Å². The summed E-state index contributed by atoms with van der Waals surface area (Å²) >= 11 is 6.26. The lowest BCUT2D eigenvalue weighted by Crippen LogP contribution is -2.45. The van der Waals surface area contributed by atoms with Crippen LogP contribution in [0.15, 0.2) is 18.3 Å². The number of hydrogen-bond acceptors (Lipinski definition) is 6. The number of imidazole rings is 1. The van der Waals surface area contributed by atoms with E-state index in [1.807, 2.05) is 6.07 Å². The van der Waals surface area contributed by atoms with Crippen LogP contribution in [0.1, 0.15) is 26.3 Å². The van der Waals surface area contributed by atoms with Gasteiger partial charge in [-0.2, -0.15) is 0 Å². The third-order valence-electron chi connectivity index (χ3n) is 6.05. The monoisotopic (exact) mass is 415 g/mol. The molecule has 0 amide bonds. The highest BCUT2D eigenvalue weighted by molar-refractivity contribution is 6.33. The molecule has 2 aliphatic heterocycles. The number of likely N-dealkylation sites (N-methyl/N-ethyl adjacent to an activating group) is 1. The topological polar surface area (TPSA) is 76.1 Å². The van der Waals surface area contributed by atoms with Crippen LogP contribution in [0.25, 0.3) is 22.3 Å². The molecular weight excluding hydrogens is 393 g/mol. The van der Waals surface area contributed by atoms with E-state index in [1.54, 1.807) is 0 Å². The summed E-state index contributed by atoms with van der Waals surface area (Å²) in [6.07, 6.45) is 2.56. The van der Waals surface area contributed by atoms with Crippen molar-refractivity contribution >= 4 is 34.5 Å². The van der Waals surface area contributed by atoms with Crippen LogP contribution in [0.4, 0.5) is 16.3 Å². The molecule has 1 aromatic carbocycles. The van der Waals surface area contributed by atoms with Gasteiger partial charge in [0.05, 0.1) is 22.4 Å². The number of likely N-dealkylation sites (tertiary alicyclic amines) is 1. The van der Waals surface area contributed by atoms with Crippen LogP contribution in [0.5, 0.6) is 0 Å². The standard InChI is InChI=1S/C20H23ClFN7/c1-10(2)29-16-5-11(17-14(21)7-24-19(23)25-17)4-15(22)18(16)26-20(29)28-9-12-6-13(28)8-27(12)3/h4-5,7,10,12-13H,6,8-9H2,1-3H3,(H2,23,24,25). The average Bonchev–Trinajstić information content (AvgIpc) is 3.34. The number of piperazine rings is 1. The van der Waals surface area contributed by atoms with Crippen molar-refractivity contribution in [3.8, 4) is 11.3 Å². The number of aromatic nitrogens is 4. The molecule has 0 saturated carbocycles. The van der Waals surface area contributed by atoms with E-state index in [0.29, 0.717) is 33.9 Å². The van der Waals surface area contributed by atoms with Crippen molar-refractivity contribution < 1.29 is 4.39 Å². The van der Waals surface area contributed by atoms with Crippen LogP contribution < -0.4 is 10.6 Å². The Labute approximate surface area is 173 Å². The Morgan fingerprint density at radius 3 is 2.66 bits per heavy atom. The number of fused-ring (bicyclic) bond motifs is 3. The highest BCUT2D eigenvalue weighted by Crippen LogP contribution is 2.38. The summed E-state index contributed by atoms with van der Waals surface area (Å²) in [7, 11) is 2.16. The van der Waals surface area contributed by atoms with Gasteiger partial charge in [-0.1, -0.05) is 11.6 Å². The molecule has 0 radical (unpaired) electrons. The minimum atomic E-state index is -0.395. The number of nitrogens with two attached hydrogens (primary N) is 1. The molecule has 9 heteroatoms. The highest BCUT2D eigenvalue weighted by atomic mass is 35.5. The SMILES string of the molecule is CC(C)n1c(N2CC3CC2CN3C)nc2c(F)cc(-c3nc(N)ncc3Cl)cc21. The first kappa shape index (κ1) is 18.6. The van der Waals surface area contributed by atoms with Crippen LogP contribution in [-0.4, -0.2) is 56.6 Å². The van der Waals surface area contributed by atoms with Gasteiger partial charge in [-0.05, 0) is 39.4 Å². The Kier molecular flexibility index (Phi) is 4.18. The summed E-state index contributed by atoms with van der Waals surface area (Å²) in [5.74, 6) is 0.535. The molecule has 3 aromatic rings. The Hall–Kier alpha value is -2.45. The maximum absolute atomic E-state index is 15.1. The van der Waals surface area contributed by atoms with E-state index < -0.39 is 5.82 Å². The lowest BCUT2D eigenvalue weighted by atomic mass is 10.1. The first-order valence-corrected chi connectivity index (χ1v) is 10.2. The molecule has 0 spiro atoms. The zero-order valence-electron chi connectivity index (χ0n) is 16.6. The van der Waals surface area contributed by atoms with Gasteiger partial charge in [0.15, 0.2) is 5.82 Å². The fraction of sp³-hybridized carbons (Fsp3) is 0.450. The number of rotatable bonds is 3. The van der Waals surface area contributed by atoms with Crippen LogP contribution in [-0.2, 0) is 0 Å². The molecule has 2 atom stereocenters. The molecule has 2 fully saturated rings. The minimum Gasteiger partial charge on any atom is -0.368 e. The van der Waals surface area contributed by atoms with Crippen LogP contribution in [0, 0.1) is 5.82 Å². The zero-order chi connectivity index (χ0) is 20.4. The summed E-state index contributed by atoms with van der Waals surface area (Å²) < 4.78 is 17.3. The summed E-state index contributed by atoms with van der Waals surface area (Å²) in [5, 5.41) is 0.327. The molecule has 5 rings (SSSR count). The van der Waals surface area contributed by atoms with E-state index in [1.165, 1.54) is 12.3 Å². The second-order valence-electron chi connectivity index (χ2n) is 8.26. The van der Waals surface area contributed by atoms with Crippen molar-refractivity contribution in [1.82, 2.24) is 24.4 Å². The molecule has 2 unspecified atom stereocenters. The van der Waals surface area contributed by atoms with E-state index in [9.17, 15) is 0 Å². The highest BCUT2D eigenvalue weighted by Gasteiger charge is 2.43. The van der Waals surface area contributed by atoms with E-state index in [-0.39, 0.29) is 12.0 Å². The minimum absolute atomic E-state index is 0.0974. The lowest BCUT2D eigenvalue weighted by Gasteiger charge is -2.33. The second-order valence-corrected chi connectivity index (χ2v) is 8.67. The van der Waals surface area contributed by atoms with E-state index >= 15 is 4.39 Å². The molecular formula is C20H23ClFN7. The summed E-state index contributed by atoms with van der Waals surface area (Å²) in [6.45, 7) is 6.10. The first-order chi connectivity index (χ1) is 13.8. The van der Waals surface area contributed by atoms with Crippen molar-refractivity contribution in [1.29, 1.82) is 0 Å². The number of nitrogens with zero attached hydrogens (tertiary/aromatic N) is 6. The van der Waals surface area contributed by atoms with Gasteiger partial charge >= 0.3 is 0 Å². The summed E-state index contributed by atoms with van der Waals surface area (Å²) in [5.41, 5.74) is 7.80. The third kappa shape index (κ3) is 2.85. The van der Waals surface area contributed by atoms with Crippen molar-refractivity contribution in [2.24, 2.45) is 0 Å². The third-order valence-corrected chi connectivity index (χ3v) is 6.33. The number of nitrogen functional groups attached to an aromatic ring is 1. The Balaban J connectivity index is 1.68. The largest absolute Gasteiger partial charge is 0.368 e. The quantitative estimate of drug-likeness (QED) is 0.707. The van der Waals surface area contributed by atoms with Crippen LogP contribution in [0.2, 0.25) is 5.02 Å². The van der Waals surface area contributed by atoms with Crippen LogP contribution >= 0.6 is 11.6 Å². The van der Waals surface area contributed by atoms with Gasteiger partial charge in [0.1, 0.15) is 5.52 Å². The summed E-state index contributed by atoms with van der Waals surface area (Å²) in [4.78, 5) is 17.6. The van der Waals surface area contributed by atoms with Gasteiger partial charge in [0.25, 0.3) is 0 Å². The fourth-order valence-corrected chi connectivity index (χ4v) is 4.88. The molecule has 4 heterocycles. The molecule has 29 heavy (non-hydrogen) atoms. The zero-order valence-corrected chi connectivity index (χ0v) is 17.4.